The van der Waals surface area contributed by atoms with Crippen molar-refractivity contribution in [2.45, 2.75) is 0 Å². The summed E-state index contributed by atoms with van der Waals surface area (Å²) >= 11 is 2.32. The van der Waals surface area contributed by atoms with E-state index in [2.05, 4.69) is 33.8 Å². The van der Waals surface area contributed by atoms with Crippen LogP contribution in [0.4, 0.5) is 0 Å². The molecule has 0 atom stereocenters. The lowest BCUT2D eigenvalue weighted by molar-refractivity contribution is 0.561. The molecule has 0 aliphatic heterocycles. The van der Waals surface area contributed by atoms with Gasteiger partial charge < -0.3 is 4.90 Å². The van der Waals surface area contributed by atoms with Gasteiger partial charge in [0.25, 0.3) is 0 Å². The van der Waals surface area contributed by atoms with Crippen molar-refractivity contribution < 1.29 is 0 Å². The third-order valence-electron chi connectivity index (χ3n) is 0.873. The van der Waals surface area contributed by atoms with Crippen LogP contribution in [0.15, 0.2) is 16.8 Å². The number of allylic oxidation sites excluding steroid dienone is 1. The first-order valence-corrected chi connectivity index (χ1v) is 4.58. The van der Waals surface area contributed by atoms with Crippen LogP contribution in [-0.4, -0.2) is 36.7 Å². The van der Waals surface area contributed by atoms with E-state index in [-0.39, 0.29) is 12.4 Å². The third-order valence-corrected chi connectivity index (χ3v) is 1.75. The highest BCUT2D eigenvalue weighted by molar-refractivity contribution is 14.1. The lowest BCUT2D eigenvalue weighted by Gasteiger charge is -2.05. The number of rotatable bonds is 3. The second-order valence-electron chi connectivity index (χ2n) is 2.19. The molecule has 0 bridgehead atoms. The molecule has 66 valence electrons. The minimum Gasteiger partial charge on any atom is -0.383 e. The van der Waals surface area contributed by atoms with Crippen LogP contribution in [0.1, 0.15) is 0 Å². The van der Waals surface area contributed by atoms with Crippen molar-refractivity contribution in [1.29, 1.82) is 0 Å². The van der Waals surface area contributed by atoms with E-state index in [9.17, 15) is 0 Å². The Morgan fingerprint density at radius 2 is 2.09 bits per heavy atom. The van der Waals surface area contributed by atoms with Crippen molar-refractivity contribution >= 4 is 41.2 Å². The summed E-state index contributed by atoms with van der Waals surface area (Å²) in [4.78, 5) is 5.96. The van der Waals surface area contributed by atoms with Gasteiger partial charge in [0.15, 0.2) is 0 Å². The first-order chi connectivity index (χ1) is 4.70. The van der Waals surface area contributed by atoms with E-state index in [1.807, 2.05) is 25.2 Å². The highest BCUT2D eigenvalue weighted by Crippen LogP contribution is 1.97. The van der Waals surface area contributed by atoms with Gasteiger partial charge in [-0.3, -0.25) is 4.99 Å². The van der Waals surface area contributed by atoms with E-state index in [0.717, 1.165) is 4.43 Å². The van der Waals surface area contributed by atoms with E-state index >= 15 is 0 Å². The Kier molecular flexibility index (Phi) is 10.4. The van der Waals surface area contributed by atoms with Gasteiger partial charge in [0.2, 0.25) is 0 Å². The Balaban J connectivity index is 0. The Hall–Kier alpha value is 0.230. The van der Waals surface area contributed by atoms with Crippen LogP contribution < -0.4 is 0 Å². The monoisotopic (exact) mass is 288 g/mol. The van der Waals surface area contributed by atoms with Crippen molar-refractivity contribution in [3.63, 3.8) is 0 Å². The van der Waals surface area contributed by atoms with Crippen LogP contribution in [0.5, 0.6) is 0 Å². The Morgan fingerprint density at radius 1 is 1.55 bits per heavy atom. The lowest BCUT2D eigenvalue weighted by atomic mass is 10.3. The number of aliphatic imine (C=N–C) groups is 1. The summed E-state index contributed by atoms with van der Waals surface area (Å²) in [5.74, 6) is 0. The summed E-state index contributed by atoms with van der Waals surface area (Å²) in [6.07, 6.45) is 3.95. The summed E-state index contributed by atoms with van der Waals surface area (Å²) in [6.45, 7) is 0. The van der Waals surface area contributed by atoms with Gasteiger partial charge >= 0.3 is 0 Å². The molecular formula is C7H14ClIN2. The van der Waals surface area contributed by atoms with Crippen molar-refractivity contribution in [1.82, 2.24) is 4.90 Å². The minimum absolute atomic E-state index is 0. The SMILES string of the molecule is CN=CC(=CN(C)C)CI.Cl. The standard InChI is InChI=1S/C7H13IN2.ClH/c1-9-5-7(4-8)6-10(2)3;/h5-6H,4H2,1-3H3;1H. The molecule has 0 N–H and O–H groups in total. The molecular weight excluding hydrogens is 274 g/mol. The summed E-state index contributed by atoms with van der Waals surface area (Å²) in [5.41, 5.74) is 1.24. The molecule has 0 aromatic carbocycles. The molecule has 0 amide bonds. The zero-order chi connectivity index (χ0) is 7.98. The van der Waals surface area contributed by atoms with Crippen LogP contribution in [0.2, 0.25) is 0 Å². The zero-order valence-electron chi connectivity index (χ0n) is 7.04. The fourth-order valence-electron chi connectivity index (χ4n) is 0.600. The van der Waals surface area contributed by atoms with Crippen molar-refractivity contribution in [2.75, 3.05) is 25.6 Å². The highest BCUT2D eigenvalue weighted by Gasteiger charge is 1.88. The van der Waals surface area contributed by atoms with Crippen molar-refractivity contribution in [3.8, 4) is 0 Å². The number of hydrogen-bond acceptors (Lipinski definition) is 2. The second kappa shape index (κ2) is 8.33. The van der Waals surface area contributed by atoms with Crippen LogP contribution in [0.3, 0.4) is 0 Å². The summed E-state index contributed by atoms with van der Waals surface area (Å²) in [5, 5.41) is 0. The van der Waals surface area contributed by atoms with Gasteiger partial charge in [-0.05, 0) is 5.57 Å². The van der Waals surface area contributed by atoms with E-state index in [1.54, 1.807) is 7.05 Å². The maximum Gasteiger partial charge on any atom is 0.0277 e. The van der Waals surface area contributed by atoms with E-state index in [4.69, 9.17) is 0 Å². The molecule has 0 rings (SSSR count). The fourth-order valence-corrected chi connectivity index (χ4v) is 0.994. The molecule has 0 radical (unpaired) electrons. The van der Waals surface area contributed by atoms with Gasteiger partial charge in [0, 0.05) is 38.0 Å². The van der Waals surface area contributed by atoms with Crippen LogP contribution in [-0.2, 0) is 0 Å². The molecule has 0 unspecified atom stereocenters. The van der Waals surface area contributed by atoms with Crippen LogP contribution in [0.25, 0.3) is 0 Å². The summed E-state index contributed by atoms with van der Waals surface area (Å²) < 4.78 is 1.01. The maximum atomic E-state index is 3.94. The molecule has 4 heteroatoms. The van der Waals surface area contributed by atoms with Gasteiger partial charge in [-0.2, -0.15) is 0 Å². The molecule has 0 heterocycles. The number of halogens is 2. The predicted octanol–water partition coefficient (Wildman–Crippen LogP) is 1.99. The molecule has 2 nitrogen and oxygen atoms in total. The maximum absolute atomic E-state index is 3.94. The van der Waals surface area contributed by atoms with E-state index in [1.165, 1.54) is 5.57 Å². The molecule has 0 aromatic rings. The first-order valence-electron chi connectivity index (χ1n) is 3.06. The zero-order valence-corrected chi connectivity index (χ0v) is 10.0. The molecule has 0 fully saturated rings. The van der Waals surface area contributed by atoms with E-state index in [0.29, 0.717) is 0 Å². The Bertz CT molecular complexity index is 143. The van der Waals surface area contributed by atoms with Crippen molar-refractivity contribution in [2.24, 2.45) is 4.99 Å². The average molecular weight is 289 g/mol. The van der Waals surface area contributed by atoms with Crippen LogP contribution >= 0.6 is 35.0 Å². The quantitative estimate of drug-likeness (QED) is 0.440. The Morgan fingerprint density at radius 3 is 2.36 bits per heavy atom. The van der Waals surface area contributed by atoms with Crippen LogP contribution in [0, 0.1) is 0 Å². The summed E-state index contributed by atoms with van der Waals surface area (Å²) in [7, 11) is 5.81. The predicted molar refractivity (Wildman–Crippen MR) is 62.3 cm³/mol. The van der Waals surface area contributed by atoms with Gasteiger partial charge in [0.05, 0.1) is 0 Å². The van der Waals surface area contributed by atoms with E-state index < -0.39 is 0 Å². The van der Waals surface area contributed by atoms with Gasteiger partial charge in [-0.1, -0.05) is 22.6 Å². The molecule has 0 aliphatic rings. The average Bonchev–Trinajstić information content (AvgIpc) is 1.86. The highest BCUT2D eigenvalue weighted by atomic mass is 127. The molecule has 0 aliphatic carbocycles. The summed E-state index contributed by atoms with van der Waals surface area (Å²) in [6, 6.07) is 0. The van der Waals surface area contributed by atoms with Gasteiger partial charge in [-0.15, -0.1) is 12.4 Å². The first kappa shape index (κ1) is 13.8. The third kappa shape index (κ3) is 8.13. The lowest BCUT2D eigenvalue weighted by Crippen LogP contribution is -2.04. The second-order valence-corrected chi connectivity index (χ2v) is 2.95. The number of nitrogens with zero attached hydrogens (tertiary/aromatic N) is 2. The molecule has 0 aromatic heterocycles. The smallest absolute Gasteiger partial charge is 0.0277 e. The normalized spacial score (nSPS) is 11.5. The largest absolute Gasteiger partial charge is 0.383 e. The minimum atomic E-state index is 0. The molecule has 0 saturated heterocycles. The molecule has 0 spiro atoms. The Labute approximate surface area is 88.3 Å². The van der Waals surface area contributed by atoms with Gasteiger partial charge in [-0.25, -0.2) is 0 Å². The topological polar surface area (TPSA) is 15.6 Å². The molecule has 0 saturated carbocycles. The molecule has 11 heavy (non-hydrogen) atoms. The fraction of sp³-hybridized carbons (Fsp3) is 0.571. The van der Waals surface area contributed by atoms with Crippen molar-refractivity contribution in [3.05, 3.63) is 11.8 Å². The van der Waals surface area contributed by atoms with Gasteiger partial charge in [0.1, 0.15) is 0 Å². The number of alkyl halides is 1. The number of hydrogen-bond donors (Lipinski definition) is 0.